The Hall–Kier alpha value is -1.02. The van der Waals surface area contributed by atoms with Crippen LogP contribution >= 0.6 is 0 Å². The van der Waals surface area contributed by atoms with Crippen molar-refractivity contribution in [3.8, 4) is 0 Å². The van der Waals surface area contributed by atoms with Crippen molar-refractivity contribution in [2.24, 2.45) is 0 Å². The molecule has 0 aromatic heterocycles. The molecule has 0 fully saturated rings. The molecule has 1 aromatic carbocycles. The molecule has 0 bridgehead atoms. The Labute approximate surface area is 86.4 Å². The topological polar surface area (TPSA) is 12.5 Å². The predicted octanol–water partition coefficient (Wildman–Crippen LogP) is 3.24. The Morgan fingerprint density at radius 2 is 1.71 bits per heavy atom. The van der Waals surface area contributed by atoms with E-state index in [-0.39, 0.29) is 5.54 Å². The van der Waals surface area contributed by atoms with Crippen LogP contribution in [0.3, 0.4) is 0 Å². The van der Waals surface area contributed by atoms with Gasteiger partial charge in [-0.05, 0) is 39.8 Å². The van der Waals surface area contributed by atoms with Crippen LogP contribution in [0.15, 0.2) is 30.3 Å². The summed E-state index contributed by atoms with van der Waals surface area (Å²) in [7, 11) is 0. The van der Waals surface area contributed by atoms with Crippen LogP contribution in [-0.2, 0) is 4.84 Å². The van der Waals surface area contributed by atoms with Gasteiger partial charge in [-0.25, -0.2) is 5.06 Å². The maximum Gasteiger partial charge on any atom is 0.0720 e. The van der Waals surface area contributed by atoms with E-state index in [1.54, 1.807) is 0 Å². The molecule has 0 N–H and O–H groups in total. The highest BCUT2D eigenvalue weighted by molar-refractivity contribution is 5.45. The van der Waals surface area contributed by atoms with Gasteiger partial charge in [-0.15, -0.1) is 0 Å². The van der Waals surface area contributed by atoms with Gasteiger partial charge in [0.25, 0.3) is 0 Å². The standard InChI is InChI=1S/C12H19NO/c1-5-14-13(12(2,3)4)11-9-7-6-8-10-11/h6-10H,5H2,1-4H3. The Morgan fingerprint density at radius 1 is 1.14 bits per heavy atom. The largest absolute Gasteiger partial charge is 0.273 e. The molecule has 0 unspecified atom stereocenters. The summed E-state index contributed by atoms with van der Waals surface area (Å²) in [5.74, 6) is 0. The summed E-state index contributed by atoms with van der Waals surface area (Å²) < 4.78 is 0. The van der Waals surface area contributed by atoms with Crippen LogP contribution in [0.25, 0.3) is 0 Å². The number of hydrogen-bond acceptors (Lipinski definition) is 2. The van der Waals surface area contributed by atoms with E-state index in [9.17, 15) is 0 Å². The zero-order valence-electron chi connectivity index (χ0n) is 9.45. The van der Waals surface area contributed by atoms with Crippen molar-refractivity contribution in [3.05, 3.63) is 30.3 Å². The van der Waals surface area contributed by atoms with Gasteiger partial charge in [0.2, 0.25) is 0 Å². The molecule has 0 saturated heterocycles. The first kappa shape index (κ1) is 11.1. The molecule has 78 valence electrons. The molecule has 0 aliphatic carbocycles. The molecule has 0 spiro atoms. The van der Waals surface area contributed by atoms with Gasteiger partial charge < -0.3 is 0 Å². The van der Waals surface area contributed by atoms with Crippen molar-refractivity contribution in [1.29, 1.82) is 0 Å². The molecule has 0 heterocycles. The third-order valence-corrected chi connectivity index (χ3v) is 1.86. The van der Waals surface area contributed by atoms with E-state index in [0.29, 0.717) is 6.61 Å². The number of hydroxylamine groups is 1. The van der Waals surface area contributed by atoms with Gasteiger partial charge in [0.15, 0.2) is 0 Å². The summed E-state index contributed by atoms with van der Waals surface area (Å²) in [6.07, 6.45) is 0. The Morgan fingerprint density at radius 3 is 2.14 bits per heavy atom. The third-order valence-electron chi connectivity index (χ3n) is 1.86. The van der Waals surface area contributed by atoms with E-state index in [2.05, 4.69) is 32.9 Å². The van der Waals surface area contributed by atoms with Gasteiger partial charge in [0, 0.05) is 0 Å². The molecule has 0 aliphatic heterocycles. The second kappa shape index (κ2) is 4.47. The normalized spacial score (nSPS) is 11.4. The Balaban J connectivity index is 2.89. The van der Waals surface area contributed by atoms with Crippen molar-refractivity contribution in [2.75, 3.05) is 11.7 Å². The second-order valence-electron chi connectivity index (χ2n) is 4.22. The van der Waals surface area contributed by atoms with Crippen molar-refractivity contribution >= 4 is 5.69 Å². The minimum Gasteiger partial charge on any atom is -0.273 e. The monoisotopic (exact) mass is 193 g/mol. The molecule has 1 rings (SSSR count). The van der Waals surface area contributed by atoms with E-state index in [1.165, 1.54) is 0 Å². The fraction of sp³-hybridized carbons (Fsp3) is 0.500. The zero-order chi connectivity index (χ0) is 10.6. The minimum atomic E-state index is -0.0165. The highest BCUT2D eigenvalue weighted by Crippen LogP contribution is 2.23. The summed E-state index contributed by atoms with van der Waals surface area (Å²) in [5.41, 5.74) is 1.08. The molecule has 0 aliphatic rings. The van der Waals surface area contributed by atoms with Crippen molar-refractivity contribution in [1.82, 2.24) is 0 Å². The first-order chi connectivity index (χ1) is 6.55. The van der Waals surface area contributed by atoms with Crippen LogP contribution in [-0.4, -0.2) is 12.1 Å². The van der Waals surface area contributed by atoms with Crippen LogP contribution in [0.1, 0.15) is 27.7 Å². The van der Waals surface area contributed by atoms with Crippen LogP contribution in [0, 0.1) is 0 Å². The average Bonchev–Trinajstić information content (AvgIpc) is 2.14. The first-order valence-electron chi connectivity index (χ1n) is 5.04. The lowest BCUT2D eigenvalue weighted by Crippen LogP contribution is -2.41. The van der Waals surface area contributed by atoms with Crippen molar-refractivity contribution in [3.63, 3.8) is 0 Å². The number of anilines is 1. The fourth-order valence-electron chi connectivity index (χ4n) is 1.35. The summed E-state index contributed by atoms with van der Waals surface area (Å²) in [6, 6.07) is 10.2. The van der Waals surface area contributed by atoms with Crippen LogP contribution in [0.4, 0.5) is 5.69 Å². The summed E-state index contributed by atoms with van der Waals surface area (Å²) >= 11 is 0. The SMILES string of the molecule is CCON(c1ccccc1)C(C)(C)C. The predicted molar refractivity (Wildman–Crippen MR) is 60.3 cm³/mol. The summed E-state index contributed by atoms with van der Waals surface area (Å²) in [4.78, 5) is 5.63. The smallest absolute Gasteiger partial charge is 0.0720 e. The van der Waals surface area contributed by atoms with Gasteiger partial charge in [-0.2, -0.15) is 0 Å². The molecule has 2 heteroatoms. The zero-order valence-corrected chi connectivity index (χ0v) is 9.45. The van der Waals surface area contributed by atoms with Crippen molar-refractivity contribution < 1.29 is 4.84 Å². The van der Waals surface area contributed by atoms with E-state index in [1.807, 2.05) is 30.2 Å². The van der Waals surface area contributed by atoms with E-state index in [4.69, 9.17) is 4.84 Å². The number of para-hydroxylation sites is 1. The lowest BCUT2D eigenvalue weighted by Gasteiger charge is -2.35. The van der Waals surface area contributed by atoms with E-state index < -0.39 is 0 Å². The molecular weight excluding hydrogens is 174 g/mol. The minimum absolute atomic E-state index is 0.0165. The van der Waals surface area contributed by atoms with Gasteiger partial charge in [-0.1, -0.05) is 18.2 Å². The van der Waals surface area contributed by atoms with E-state index >= 15 is 0 Å². The lowest BCUT2D eigenvalue weighted by atomic mass is 10.1. The quantitative estimate of drug-likeness (QED) is 0.683. The first-order valence-corrected chi connectivity index (χ1v) is 5.04. The number of nitrogens with zero attached hydrogens (tertiary/aromatic N) is 1. The Bertz CT molecular complexity index is 263. The number of rotatable bonds is 3. The summed E-state index contributed by atoms with van der Waals surface area (Å²) in [6.45, 7) is 9.09. The van der Waals surface area contributed by atoms with Gasteiger partial charge >= 0.3 is 0 Å². The third kappa shape index (κ3) is 2.74. The average molecular weight is 193 g/mol. The highest BCUT2D eigenvalue weighted by atomic mass is 16.7. The maximum atomic E-state index is 5.63. The maximum absolute atomic E-state index is 5.63. The molecule has 14 heavy (non-hydrogen) atoms. The molecule has 2 nitrogen and oxygen atoms in total. The molecule has 1 aromatic rings. The van der Waals surface area contributed by atoms with Crippen LogP contribution < -0.4 is 5.06 Å². The molecule has 0 amide bonds. The second-order valence-corrected chi connectivity index (χ2v) is 4.22. The van der Waals surface area contributed by atoms with Crippen LogP contribution in [0.5, 0.6) is 0 Å². The van der Waals surface area contributed by atoms with Gasteiger partial charge in [-0.3, -0.25) is 4.84 Å². The number of benzene rings is 1. The van der Waals surface area contributed by atoms with Gasteiger partial charge in [0.05, 0.1) is 17.8 Å². The van der Waals surface area contributed by atoms with E-state index in [0.717, 1.165) is 5.69 Å². The van der Waals surface area contributed by atoms with Crippen molar-refractivity contribution in [2.45, 2.75) is 33.2 Å². The molecule has 0 radical (unpaired) electrons. The van der Waals surface area contributed by atoms with Gasteiger partial charge in [0.1, 0.15) is 0 Å². The lowest BCUT2D eigenvalue weighted by molar-refractivity contribution is 0.0758. The molecular formula is C12H19NO. The summed E-state index contributed by atoms with van der Waals surface area (Å²) in [5, 5.41) is 1.95. The number of hydrogen-bond donors (Lipinski definition) is 0. The Kier molecular flexibility index (Phi) is 3.53. The molecule has 0 saturated carbocycles. The molecule has 0 atom stereocenters. The highest BCUT2D eigenvalue weighted by Gasteiger charge is 2.21. The van der Waals surface area contributed by atoms with Crippen LogP contribution in [0.2, 0.25) is 0 Å². The fourth-order valence-corrected chi connectivity index (χ4v) is 1.35.